The number of piperidine rings is 1. The summed E-state index contributed by atoms with van der Waals surface area (Å²) in [4.78, 5) is 26.3. The first-order chi connectivity index (χ1) is 15.9. The van der Waals surface area contributed by atoms with Crippen LogP contribution in [-0.4, -0.2) is 37.5 Å². The van der Waals surface area contributed by atoms with E-state index in [-0.39, 0.29) is 28.7 Å². The third-order valence-electron chi connectivity index (χ3n) is 5.66. The predicted molar refractivity (Wildman–Crippen MR) is 128 cm³/mol. The van der Waals surface area contributed by atoms with E-state index in [1.807, 2.05) is 6.07 Å². The summed E-state index contributed by atoms with van der Waals surface area (Å²) in [6.07, 6.45) is 1.13. The number of ketones is 1. The molecule has 4 rings (SSSR count). The van der Waals surface area contributed by atoms with E-state index in [0.717, 1.165) is 0 Å². The molecule has 3 aromatic carbocycles. The van der Waals surface area contributed by atoms with Crippen LogP contribution in [0.5, 0.6) is 0 Å². The zero-order valence-corrected chi connectivity index (χ0v) is 19.4. The minimum absolute atomic E-state index is 0.0820. The van der Waals surface area contributed by atoms with Gasteiger partial charge in [-0.15, -0.1) is 0 Å². The molecule has 1 atom stereocenters. The van der Waals surface area contributed by atoms with Crippen molar-refractivity contribution in [3.05, 3.63) is 95.0 Å². The quantitative estimate of drug-likeness (QED) is 0.520. The van der Waals surface area contributed by atoms with Gasteiger partial charge in [0.25, 0.3) is 0 Å². The molecule has 1 fully saturated rings. The summed E-state index contributed by atoms with van der Waals surface area (Å²) in [7, 11) is -3.68. The van der Waals surface area contributed by atoms with Crippen molar-refractivity contribution < 1.29 is 18.0 Å². The van der Waals surface area contributed by atoms with Crippen LogP contribution in [0.4, 0.5) is 5.69 Å². The molecule has 6 nitrogen and oxygen atoms in total. The summed E-state index contributed by atoms with van der Waals surface area (Å²) < 4.78 is 27.3. The van der Waals surface area contributed by atoms with Crippen LogP contribution in [0.15, 0.2) is 83.8 Å². The van der Waals surface area contributed by atoms with Crippen LogP contribution in [-0.2, 0) is 14.8 Å². The largest absolute Gasteiger partial charge is 0.325 e. The molecule has 0 spiro atoms. The Bertz CT molecular complexity index is 1260. The summed E-state index contributed by atoms with van der Waals surface area (Å²) in [5.74, 6) is -1.12. The van der Waals surface area contributed by atoms with Crippen molar-refractivity contribution in [1.29, 1.82) is 0 Å². The van der Waals surface area contributed by atoms with Crippen molar-refractivity contribution in [3.63, 3.8) is 0 Å². The molecule has 1 heterocycles. The van der Waals surface area contributed by atoms with Crippen LogP contribution >= 0.6 is 11.6 Å². The number of sulfonamides is 1. The molecule has 0 radical (unpaired) electrons. The molecule has 1 aliphatic heterocycles. The summed E-state index contributed by atoms with van der Waals surface area (Å²) in [6.45, 7) is 0.443. The van der Waals surface area contributed by atoms with E-state index >= 15 is 0 Å². The summed E-state index contributed by atoms with van der Waals surface area (Å²) in [6, 6.07) is 21.7. The lowest BCUT2D eigenvalue weighted by Gasteiger charge is -2.31. The highest BCUT2D eigenvalue weighted by Gasteiger charge is 2.33. The van der Waals surface area contributed by atoms with Crippen molar-refractivity contribution in [2.24, 2.45) is 5.92 Å². The van der Waals surface area contributed by atoms with Crippen LogP contribution in [0.2, 0.25) is 5.02 Å². The van der Waals surface area contributed by atoms with E-state index in [1.54, 1.807) is 66.7 Å². The molecule has 3 aromatic rings. The molecule has 1 amide bonds. The van der Waals surface area contributed by atoms with Crippen LogP contribution < -0.4 is 5.32 Å². The van der Waals surface area contributed by atoms with E-state index < -0.39 is 15.9 Å². The van der Waals surface area contributed by atoms with Crippen molar-refractivity contribution in [2.45, 2.75) is 17.7 Å². The average molecular weight is 483 g/mol. The number of benzene rings is 3. The minimum Gasteiger partial charge on any atom is -0.325 e. The van der Waals surface area contributed by atoms with Gasteiger partial charge < -0.3 is 5.32 Å². The highest BCUT2D eigenvalue weighted by atomic mass is 35.5. The SMILES string of the molecule is O=C(c1ccccc1)c1cc(Cl)ccc1NC(=O)C1CCCN(S(=O)(=O)c2ccccc2)C1. The van der Waals surface area contributed by atoms with Gasteiger partial charge in [0.05, 0.1) is 16.5 Å². The zero-order valence-electron chi connectivity index (χ0n) is 17.8. The Hall–Kier alpha value is -3.00. The minimum atomic E-state index is -3.68. The Morgan fingerprint density at radius 1 is 0.939 bits per heavy atom. The average Bonchev–Trinajstić information content (AvgIpc) is 2.85. The van der Waals surface area contributed by atoms with Crippen LogP contribution in [0.25, 0.3) is 0 Å². The number of carbonyl (C=O) groups excluding carboxylic acids is 2. The van der Waals surface area contributed by atoms with Gasteiger partial charge in [0.15, 0.2) is 5.78 Å². The molecule has 0 bridgehead atoms. The smallest absolute Gasteiger partial charge is 0.243 e. The highest BCUT2D eigenvalue weighted by Crippen LogP contribution is 2.27. The van der Waals surface area contributed by atoms with Crippen molar-refractivity contribution in [3.8, 4) is 0 Å². The normalized spacial score (nSPS) is 16.8. The number of halogens is 1. The lowest BCUT2D eigenvalue weighted by atomic mass is 9.97. The van der Waals surface area contributed by atoms with Crippen LogP contribution in [0, 0.1) is 5.92 Å². The molecule has 1 aliphatic rings. The first-order valence-corrected chi connectivity index (χ1v) is 12.4. The molecule has 1 saturated heterocycles. The molecule has 1 N–H and O–H groups in total. The number of anilines is 1. The van der Waals surface area contributed by atoms with Crippen LogP contribution in [0.1, 0.15) is 28.8 Å². The maximum absolute atomic E-state index is 13.1. The monoisotopic (exact) mass is 482 g/mol. The second-order valence-corrected chi connectivity index (χ2v) is 10.3. The third-order valence-corrected chi connectivity index (χ3v) is 7.77. The van der Waals surface area contributed by atoms with Gasteiger partial charge in [0.2, 0.25) is 15.9 Å². The zero-order chi connectivity index (χ0) is 23.4. The Kier molecular flexibility index (Phi) is 6.93. The third kappa shape index (κ3) is 5.16. The summed E-state index contributed by atoms with van der Waals surface area (Å²) in [5.41, 5.74) is 1.11. The fraction of sp³-hybridized carbons (Fsp3) is 0.200. The Morgan fingerprint density at radius 2 is 1.61 bits per heavy atom. The van der Waals surface area contributed by atoms with E-state index in [2.05, 4.69) is 5.32 Å². The molecule has 0 saturated carbocycles. The van der Waals surface area contributed by atoms with Gasteiger partial charge in [-0.05, 0) is 43.2 Å². The second-order valence-electron chi connectivity index (χ2n) is 7.89. The Balaban J connectivity index is 1.53. The van der Waals surface area contributed by atoms with Gasteiger partial charge in [0.1, 0.15) is 0 Å². The predicted octanol–water partition coefficient (Wildman–Crippen LogP) is 4.61. The topological polar surface area (TPSA) is 83.6 Å². The number of nitrogens with zero attached hydrogens (tertiary/aromatic N) is 1. The standard InChI is InChI=1S/C25H23ClN2O4S/c26-20-13-14-23(22(16-20)24(29)18-8-3-1-4-9-18)27-25(30)19-10-7-15-28(17-19)33(31,32)21-11-5-2-6-12-21/h1-6,8-9,11-14,16,19H,7,10,15,17H2,(H,27,30). The maximum Gasteiger partial charge on any atom is 0.243 e. The fourth-order valence-electron chi connectivity index (χ4n) is 3.91. The number of rotatable bonds is 6. The molecule has 170 valence electrons. The summed E-state index contributed by atoms with van der Waals surface area (Å²) >= 11 is 6.12. The van der Waals surface area contributed by atoms with E-state index in [0.29, 0.717) is 35.7 Å². The van der Waals surface area contributed by atoms with E-state index in [1.165, 1.54) is 10.4 Å². The van der Waals surface area contributed by atoms with Crippen molar-refractivity contribution >= 4 is 39.0 Å². The molecule has 0 aromatic heterocycles. The number of hydrogen-bond acceptors (Lipinski definition) is 4. The molecular formula is C25H23ClN2O4S. The lowest BCUT2D eigenvalue weighted by molar-refractivity contribution is -0.120. The molecular weight excluding hydrogens is 460 g/mol. The lowest BCUT2D eigenvalue weighted by Crippen LogP contribution is -2.43. The van der Waals surface area contributed by atoms with E-state index in [9.17, 15) is 18.0 Å². The molecule has 1 unspecified atom stereocenters. The first-order valence-electron chi connectivity index (χ1n) is 10.6. The number of hydrogen-bond donors (Lipinski definition) is 1. The first kappa shape index (κ1) is 23.2. The molecule has 33 heavy (non-hydrogen) atoms. The van der Waals surface area contributed by atoms with Gasteiger partial charge in [-0.3, -0.25) is 9.59 Å². The van der Waals surface area contributed by atoms with Gasteiger partial charge >= 0.3 is 0 Å². The Morgan fingerprint density at radius 3 is 2.30 bits per heavy atom. The summed E-state index contributed by atoms with van der Waals surface area (Å²) in [5, 5.41) is 3.21. The van der Waals surface area contributed by atoms with Gasteiger partial charge in [-0.2, -0.15) is 4.31 Å². The maximum atomic E-state index is 13.1. The van der Waals surface area contributed by atoms with Crippen molar-refractivity contribution in [1.82, 2.24) is 4.31 Å². The Labute approximate surface area is 198 Å². The van der Waals surface area contributed by atoms with Gasteiger partial charge in [-0.1, -0.05) is 60.1 Å². The number of nitrogens with one attached hydrogen (secondary N) is 1. The molecule has 8 heteroatoms. The fourth-order valence-corrected chi connectivity index (χ4v) is 5.63. The second kappa shape index (κ2) is 9.87. The highest BCUT2D eigenvalue weighted by molar-refractivity contribution is 7.89. The van der Waals surface area contributed by atoms with Crippen molar-refractivity contribution in [2.75, 3.05) is 18.4 Å². The van der Waals surface area contributed by atoms with Gasteiger partial charge in [0, 0.05) is 29.2 Å². The van der Waals surface area contributed by atoms with E-state index in [4.69, 9.17) is 11.6 Å². The van der Waals surface area contributed by atoms with Crippen LogP contribution in [0.3, 0.4) is 0 Å². The number of carbonyl (C=O) groups is 2. The molecule has 0 aliphatic carbocycles. The van der Waals surface area contributed by atoms with Gasteiger partial charge in [-0.25, -0.2) is 8.42 Å². The number of amides is 1.